The predicted molar refractivity (Wildman–Crippen MR) is 77.1 cm³/mol. The van der Waals surface area contributed by atoms with Crippen LogP contribution in [0.2, 0.25) is 0 Å². The average Bonchev–Trinajstić information content (AvgIpc) is 2.94. The highest BCUT2D eigenvalue weighted by Crippen LogP contribution is 2.28. The molecule has 0 aromatic carbocycles. The van der Waals surface area contributed by atoms with Crippen LogP contribution in [0.3, 0.4) is 0 Å². The Kier molecular flexibility index (Phi) is 4.63. The Morgan fingerprint density at radius 2 is 2.11 bits per heavy atom. The third-order valence-electron chi connectivity index (χ3n) is 3.56. The Hall–Kier alpha value is -0.870. The van der Waals surface area contributed by atoms with Crippen molar-refractivity contribution in [3.63, 3.8) is 0 Å². The van der Waals surface area contributed by atoms with Crippen molar-refractivity contribution in [2.45, 2.75) is 70.6 Å². The van der Waals surface area contributed by atoms with Crippen LogP contribution in [-0.4, -0.2) is 28.0 Å². The van der Waals surface area contributed by atoms with Crippen molar-refractivity contribution in [2.24, 2.45) is 5.73 Å². The van der Waals surface area contributed by atoms with Crippen LogP contribution in [0, 0.1) is 0 Å². The predicted octanol–water partition coefficient (Wildman–Crippen LogP) is 2.68. The number of ether oxygens (including phenoxy) is 1. The molecule has 1 aromatic heterocycles. The molecule has 1 fully saturated rings. The normalized spacial score (nSPS) is 18.9. The van der Waals surface area contributed by atoms with Crippen LogP contribution in [0.25, 0.3) is 0 Å². The van der Waals surface area contributed by atoms with Crippen molar-refractivity contribution in [3.8, 4) is 0 Å². The van der Waals surface area contributed by atoms with Crippen LogP contribution in [0.15, 0.2) is 12.3 Å². The topological polar surface area (TPSA) is 53.1 Å². The van der Waals surface area contributed by atoms with E-state index in [-0.39, 0.29) is 11.6 Å². The summed E-state index contributed by atoms with van der Waals surface area (Å²) in [5.74, 6) is 0. The molecule has 0 amide bonds. The van der Waals surface area contributed by atoms with Crippen molar-refractivity contribution in [1.29, 1.82) is 0 Å². The van der Waals surface area contributed by atoms with Gasteiger partial charge in [-0.2, -0.15) is 5.10 Å². The van der Waals surface area contributed by atoms with Gasteiger partial charge in [-0.05, 0) is 39.7 Å². The number of nitrogens with zero attached hydrogens (tertiary/aromatic N) is 2. The minimum absolute atomic E-state index is 0.0196. The first-order valence-electron chi connectivity index (χ1n) is 7.37. The molecule has 1 aliphatic carbocycles. The van der Waals surface area contributed by atoms with Crippen molar-refractivity contribution in [2.75, 3.05) is 6.61 Å². The molecule has 1 unspecified atom stereocenters. The molecule has 0 radical (unpaired) electrons. The Morgan fingerprint density at radius 3 is 2.74 bits per heavy atom. The zero-order chi connectivity index (χ0) is 13.9. The van der Waals surface area contributed by atoms with Gasteiger partial charge in [0.15, 0.2) is 0 Å². The van der Waals surface area contributed by atoms with E-state index >= 15 is 0 Å². The van der Waals surface area contributed by atoms with Crippen molar-refractivity contribution in [1.82, 2.24) is 9.78 Å². The van der Waals surface area contributed by atoms with Gasteiger partial charge in [-0.15, -0.1) is 0 Å². The van der Waals surface area contributed by atoms with Crippen LogP contribution in [0.1, 0.15) is 58.2 Å². The van der Waals surface area contributed by atoms with E-state index in [2.05, 4.69) is 42.8 Å². The van der Waals surface area contributed by atoms with Crippen molar-refractivity contribution >= 4 is 0 Å². The monoisotopic (exact) mass is 265 g/mol. The van der Waals surface area contributed by atoms with Gasteiger partial charge in [0.05, 0.1) is 23.9 Å². The van der Waals surface area contributed by atoms with E-state index in [1.54, 1.807) is 0 Å². The molecule has 0 saturated heterocycles. The number of hydrogen-bond donors (Lipinski definition) is 1. The molecule has 1 aromatic rings. The summed E-state index contributed by atoms with van der Waals surface area (Å²) < 4.78 is 7.84. The molecule has 108 valence electrons. The molecule has 19 heavy (non-hydrogen) atoms. The van der Waals surface area contributed by atoms with E-state index in [0.717, 1.165) is 12.1 Å². The minimum atomic E-state index is -0.124. The minimum Gasteiger partial charge on any atom is -0.374 e. The molecule has 2 rings (SSSR count). The highest BCUT2D eigenvalue weighted by Gasteiger charge is 2.18. The van der Waals surface area contributed by atoms with E-state index in [1.165, 1.54) is 25.7 Å². The number of nitrogens with two attached hydrogens (primary N) is 1. The summed E-state index contributed by atoms with van der Waals surface area (Å²) in [5, 5.41) is 4.66. The largest absolute Gasteiger partial charge is 0.374 e. The van der Waals surface area contributed by atoms with Crippen molar-refractivity contribution < 1.29 is 4.74 Å². The standard InChI is InChI=1S/C15H27N3O/c1-15(2,3)19-11-12(16)10-13-8-9-18(17-13)14-6-4-5-7-14/h8-9,12,14H,4-7,10-11,16H2,1-3H3. The van der Waals surface area contributed by atoms with Crippen molar-refractivity contribution in [3.05, 3.63) is 18.0 Å². The quantitative estimate of drug-likeness (QED) is 0.890. The molecule has 0 spiro atoms. The lowest BCUT2D eigenvalue weighted by Crippen LogP contribution is -2.33. The first-order valence-corrected chi connectivity index (χ1v) is 7.37. The Bertz CT molecular complexity index is 388. The maximum Gasteiger partial charge on any atom is 0.0641 e. The first-order chi connectivity index (χ1) is 8.94. The van der Waals surface area contributed by atoms with E-state index in [9.17, 15) is 0 Å². The van der Waals surface area contributed by atoms with E-state index in [0.29, 0.717) is 12.6 Å². The lowest BCUT2D eigenvalue weighted by Gasteiger charge is -2.22. The Morgan fingerprint density at radius 1 is 1.42 bits per heavy atom. The highest BCUT2D eigenvalue weighted by molar-refractivity contribution is 5.02. The molecule has 1 heterocycles. The first kappa shape index (κ1) is 14.5. The van der Waals surface area contributed by atoms with Crippen LogP contribution in [0.4, 0.5) is 0 Å². The third kappa shape index (κ3) is 4.62. The summed E-state index contributed by atoms with van der Waals surface area (Å²) in [6, 6.07) is 2.72. The molecule has 1 aliphatic rings. The zero-order valence-electron chi connectivity index (χ0n) is 12.4. The van der Waals surface area contributed by atoms with Gasteiger partial charge in [0.1, 0.15) is 0 Å². The van der Waals surface area contributed by atoms with Gasteiger partial charge in [0.25, 0.3) is 0 Å². The van der Waals surface area contributed by atoms with Gasteiger partial charge < -0.3 is 10.5 Å². The number of aromatic nitrogens is 2. The average molecular weight is 265 g/mol. The summed E-state index contributed by atoms with van der Waals surface area (Å²) in [7, 11) is 0. The van der Waals surface area contributed by atoms with Gasteiger partial charge in [-0.1, -0.05) is 12.8 Å². The summed E-state index contributed by atoms with van der Waals surface area (Å²) in [6.07, 6.45) is 8.08. The smallest absolute Gasteiger partial charge is 0.0641 e. The molecular weight excluding hydrogens is 238 g/mol. The molecule has 4 nitrogen and oxygen atoms in total. The van der Waals surface area contributed by atoms with Crippen LogP contribution < -0.4 is 5.73 Å². The van der Waals surface area contributed by atoms with E-state index in [4.69, 9.17) is 10.5 Å². The molecule has 1 saturated carbocycles. The lowest BCUT2D eigenvalue weighted by molar-refractivity contribution is -0.00993. The second kappa shape index (κ2) is 6.06. The maximum absolute atomic E-state index is 6.10. The van der Waals surface area contributed by atoms with Gasteiger partial charge in [-0.3, -0.25) is 4.68 Å². The fourth-order valence-corrected chi connectivity index (χ4v) is 2.54. The second-order valence-electron chi connectivity index (χ2n) is 6.61. The summed E-state index contributed by atoms with van der Waals surface area (Å²) in [6.45, 7) is 6.73. The third-order valence-corrected chi connectivity index (χ3v) is 3.56. The van der Waals surface area contributed by atoms with Gasteiger partial charge in [0, 0.05) is 18.7 Å². The summed E-state index contributed by atoms with van der Waals surface area (Å²) in [4.78, 5) is 0. The van der Waals surface area contributed by atoms with E-state index < -0.39 is 0 Å². The Labute approximate surface area is 116 Å². The molecule has 4 heteroatoms. The van der Waals surface area contributed by atoms with E-state index in [1.807, 2.05) is 0 Å². The molecule has 1 atom stereocenters. The highest BCUT2D eigenvalue weighted by atomic mass is 16.5. The van der Waals surface area contributed by atoms with Gasteiger partial charge in [0.2, 0.25) is 0 Å². The SMILES string of the molecule is CC(C)(C)OCC(N)Cc1ccn(C2CCCC2)n1. The summed E-state index contributed by atoms with van der Waals surface area (Å²) >= 11 is 0. The number of hydrogen-bond acceptors (Lipinski definition) is 3. The summed E-state index contributed by atoms with van der Waals surface area (Å²) in [5.41, 5.74) is 7.06. The van der Waals surface area contributed by atoms with Gasteiger partial charge in [-0.25, -0.2) is 0 Å². The fourth-order valence-electron chi connectivity index (χ4n) is 2.54. The zero-order valence-corrected chi connectivity index (χ0v) is 12.4. The maximum atomic E-state index is 6.10. The second-order valence-corrected chi connectivity index (χ2v) is 6.61. The van der Waals surface area contributed by atoms with Gasteiger partial charge >= 0.3 is 0 Å². The number of rotatable bonds is 5. The van der Waals surface area contributed by atoms with Crippen LogP contribution in [-0.2, 0) is 11.2 Å². The molecule has 2 N–H and O–H groups in total. The lowest BCUT2D eigenvalue weighted by atomic mass is 10.1. The van der Waals surface area contributed by atoms with Crippen LogP contribution in [0.5, 0.6) is 0 Å². The molecular formula is C15H27N3O. The molecule has 0 aliphatic heterocycles. The Balaban J connectivity index is 1.82. The molecule has 0 bridgehead atoms. The fraction of sp³-hybridized carbons (Fsp3) is 0.800. The van der Waals surface area contributed by atoms with Crippen LogP contribution >= 0.6 is 0 Å².